The SMILES string of the molecule is Cc1ccc(CN(C)C(=O)[C@H](C)Oc2ccc(Cl)cc2C)o1. The number of halogens is 1. The predicted molar refractivity (Wildman–Crippen MR) is 86.2 cm³/mol. The number of ether oxygens (including phenoxy) is 1. The van der Waals surface area contributed by atoms with Crippen LogP contribution in [0.3, 0.4) is 0 Å². The van der Waals surface area contributed by atoms with Gasteiger partial charge in [-0.15, -0.1) is 0 Å². The summed E-state index contributed by atoms with van der Waals surface area (Å²) in [6.45, 7) is 5.92. The molecule has 0 fully saturated rings. The molecule has 0 bridgehead atoms. The lowest BCUT2D eigenvalue weighted by molar-refractivity contribution is -0.137. The number of hydrogen-bond donors (Lipinski definition) is 0. The van der Waals surface area contributed by atoms with Crippen LogP contribution in [0.5, 0.6) is 5.75 Å². The summed E-state index contributed by atoms with van der Waals surface area (Å²) in [6, 6.07) is 9.08. The van der Waals surface area contributed by atoms with Gasteiger partial charge >= 0.3 is 0 Å². The number of rotatable bonds is 5. The number of benzene rings is 1. The molecule has 1 aromatic heterocycles. The van der Waals surface area contributed by atoms with Gasteiger partial charge in [0.15, 0.2) is 6.10 Å². The molecule has 1 aromatic carbocycles. The maximum Gasteiger partial charge on any atom is 0.263 e. The average molecular weight is 322 g/mol. The third kappa shape index (κ3) is 4.04. The summed E-state index contributed by atoms with van der Waals surface area (Å²) >= 11 is 5.92. The van der Waals surface area contributed by atoms with E-state index in [-0.39, 0.29) is 5.91 Å². The van der Waals surface area contributed by atoms with Gasteiger partial charge in [-0.05, 0) is 56.7 Å². The van der Waals surface area contributed by atoms with Crippen molar-refractivity contribution in [3.05, 3.63) is 52.4 Å². The van der Waals surface area contributed by atoms with Gasteiger partial charge in [0.05, 0.1) is 6.54 Å². The molecule has 0 N–H and O–H groups in total. The molecule has 0 spiro atoms. The Bertz CT molecular complexity index is 666. The molecular weight excluding hydrogens is 302 g/mol. The quantitative estimate of drug-likeness (QED) is 0.836. The summed E-state index contributed by atoms with van der Waals surface area (Å²) in [4.78, 5) is 14.0. The summed E-state index contributed by atoms with van der Waals surface area (Å²) in [7, 11) is 1.73. The van der Waals surface area contributed by atoms with Crippen LogP contribution in [0.1, 0.15) is 24.0 Å². The number of nitrogens with zero attached hydrogens (tertiary/aromatic N) is 1. The summed E-state index contributed by atoms with van der Waals surface area (Å²) in [6.07, 6.45) is -0.582. The van der Waals surface area contributed by atoms with Gasteiger partial charge in [-0.1, -0.05) is 11.6 Å². The lowest BCUT2D eigenvalue weighted by atomic mass is 10.2. The lowest BCUT2D eigenvalue weighted by Crippen LogP contribution is -2.37. The van der Waals surface area contributed by atoms with E-state index in [9.17, 15) is 4.79 Å². The second kappa shape index (κ2) is 6.88. The molecule has 0 unspecified atom stereocenters. The van der Waals surface area contributed by atoms with Crippen molar-refractivity contribution >= 4 is 17.5 Å². The molecule has 0 aliphatic heterocycles. The Balaban J connectivity index is 1.98. The first-order valence-electron chi connectivity index (χ1n) is 7.10. The second-order valence-corrected chi connectivity index (χ2v) is 5.81. The number of aryl methyl sites for hydroxylation is 2. The Morgan fingerprint density at radius 2 is 2.05 bits per heavy atom. The van der Waals surface area contributed by atoms with Gasteiger partial charge in [0, 0.05) is 12.1 Å². The highest BCUT2D eigenvalue weighted by atomic mass is 35.5. The molecular formula is C17H20ClNO3. The van der Waals surface area contributed by atoms with Crippen LogP contribution in [0.15, 0.2) is 34.7 Å². The van der Waals surface area contributed by atoms with Crippen LogP contribution >= 0.6 is 11.6 Å². The minimum atomic E-state index is -0.582. The predicted octanol–water partition coefficient (Wildman–Crippen LogP) is 3.98. The topological polar surface area (TPSA) is 42.7 Å². The molecule has 0 saturated heterocycles. The molecule has 118 valence electrons. The molecule has 5 heteroatoms. The van der Waals surface area contributed by atoms with E-state index in [2.05, 4.69) is 0 Å². The van der Waals surface area contributed by atoms with E-state index in [0.717, 1.165) is 17.1 Å². The Labute approximate surface area is 135 Å². The van der Waals surface area contributed by atoms with Crippen LogP contribution in [0.2, 0.25) is 5.02 Å². The standard InChI is InChI=1S/C17H20ClNO3/c1-11-9-14(18)6-8-16(11)22-13(3)17(20)19(4)10-15-7-5-12(2)21-15/h5-9,13H,10H2,1-4H3/t13-/m0/s1. The summed E-state index contributed by atoms with van der Waals surface area (Å²) in [5, 5.41) is 0.647. The van der Waals surface area contributed by atoms with Gasteiger partial charge in [0.25, 0.3) is 5.91 Å². The highest BCUT2D eigenvalue weighted by Crippen LogP contribution is 2.23. The van der Waals surface area contributed by atoms with Gasteiger partial charge in [0.2, 0.25) is 0 Å². The van der Waals surface area contributed by atoms with Crippen LogP contribution in [-0.4, -0.2) is 24.0 Å². The first-order valence-corrected chi connectivity index (χ1v) is 7.47. The van der Waals surface area contributed by atoms with E-state index in [1.54, 1.807) is 31.0 Å². The van der Waals surface area contributed by atoms with Crippen molar-refractivity contribution in [1.82, 2.24) is 4.90 Å². The number of amides is 1. The van der Waals surface area contributed by atoms with Crippen LogP contribution in [-0.2, 0) is 11.3 Å². The lowest BCUT2D eigenvalue weighted by Gasteiger charge is -2.22. The Morgan fingerprint density at radius 3 is 2.64 bits per heavy atom. The van der Waals surface area contributed by atoms with Crippen LogP contribution in [0, 0.1) is 13.8 Å². The highest BCUT2D eigenvalue weighted by Gasteiger charge is 2.20. The smallest absolute Gasteiger partial charge is 0.263 e. The number of furan rings is 1. The average Bonchev–Trinajstić information content (AvgIpc) is 2.86. The summed E-state index contributed by atoms with van der Waals surface area (Å²) < 4.78 is 11.2. The van der Waals surface area contributed by atoms with Crippen molar-refractivity contribution in [1.29, 1.82) is 0 Å². The zero-order valence-electron chi connectivity index (χ0n) is 13.2. The normalized spacial score (nSPS) is 12.0. The molecule has 1 heterocycles. The first kappa shape index (κ1) is 16.4. The second-order valence-electron chi connectivity index (χ2n) is 5.38. The van der Waals surface area contributed by atoms with Crippen molar-refractivity contribution in [3.8, 4) is 5.75 Å². The number of hydrogen-bond acceptors (Lipinski definition) is 3. The molecule has 0 aliphatic carbocycles. The van der Waals surface area contributed by atoms with Gasteiger partial charge < -0.3 is 14.1 Å². The van der Waals surface area contributed by atoms with Gasteiger partial charge in [0.1, 0.15) is 17.3 Å². The number of likely N-dealkylation sites (N-methyl/N-ethyl adjacent to an activating group) is 1. The fourth-order valence-corrected chi connectivity index (χ4v) is 2.40. The third-order valence-corrected chi connectivity index (χ3v) is 3.59. The van der Waals surface area contributed by atoms with E-state index in [0.29, 0.717) is 17.3 Å². The van der Waals surface area contributed by atoms with E-state index < -0.39 is 6.10 Å². The molecule has 0 radical (unpaired) electrons. The third-order valence-electron chi connectivity index (χ3n) is 3.35. The number of carbonyl (C=O) groups is 1. The Morgan fingerprint density at radius 1 is 1.32 bits per heavy atom. The minimum Gasteiger partial charge on any atom is -0.481 e. The summed E-state index contributed by atoms with van der Waals surface area (Å²) in [5.74, 6) is 2.14. The van der Waals surface area contributed by atoms with Crippen molar-refractivity contribution in [2.45, 2.75) is 33.4 Å². The molecule has 1 amide bonds. The zero-order valence-corrected chi connectivity index (χ0v) is 14.0. The first-order chi connectivity index (χ1) is 10.4. The van der Waals surface area contributed by atoms with Crippen LogP contribution in [0.25, 0.3) is 0 Å². The van der Waals surface area contributed by atoms with E-state index >= 15 is 0 Å². The highest BCUT2D eigenvalue weighted by molar-refractivity contribution is 6.30. The molecule has 4 nitrogen and oxygen atoms in total. The molecule has 2 aromatic rings. The van der Waals surface area contributed by atoms with E-state index in [1.807, 2.05) is 32.0 Å². The molecule has 1 atom stereocenters. The van der Waals surface area contributed by atoms with Crippen molar-refractivity contribution in [3.63, 3.8) is 0 Å². The fraction of sp³-hybridized carbons (Fsp3) is 0.353. The largest absolute Gasteiger partial charge is 0.481 e. The Hall–Kier alpha value is -1.94. The van der Waals surface area contributed by atoms with Crippen molar-refractivity contribution in [2.24, 2.45) is 0 Å². The summed E-state index contributed by atoms with van der Waals surface area (Å²) in [5.41, 5.74) is 0.900. The van der Waals surface area contributed by atoms with Crippen molar-refractivity contribution < 1.29 is 13.9 Å². The fourth-order valence-electron chi connectivity index (χ4n) is 2.18. The molecule has 0 saturated carbocycles. The maximum atomic E-state index is 12.4. The van der Waals surface area contributed by atoms with Crippen molar-refractivity contribution in [2.75, 3.05) is 7.05 Å². The number of carbonyl (C=O) groups excluding carboxylic acids is 1. The van der Waals surface area contributed by atoms with Gasteiger partial charge in [-0.3, -0.25) is 4.79 Å². The molecule has 22 heavy (non-hydrogen) atoms. The van der Waals surface area contributed by atoms with E-state index in [1.165, 1.54) is 0 Å². The molecule has 0 aliphatic rings. The van der Waals surface area contributed by atoms with Crippen LogP contribution in [0.4, 0.5) is 0 Å². The van der Waals surface area contributed by atoms with Gasteiger partial charge in [-0.2, -0.15) is 0 Å². The molecule has 2 rings (SSSR count). The minimum absolute atomic E-state index is 0.108. The Kier molecular flexibility index (Phi) is 5.14. The van der Waals surface area contributed by atoms with Crippen LogP contribution < -0.4 is 4.74 Å². The monoisotopic (exact) mass is 321 g/mol. The maximum absolute atomic E-state index is 12.4. The van der Waals surface area contributed by atoms with E-state index in [4.69, 9.17) is 20.8 Å². The van der Waals surface area contributed by atoms with Gasteiger partial charge in [-0.25, -0.2) is 0 Å². The zero-order chi connectivity index (χ0) is 16.3.